The molecule has 2 heterocycles. The van der Waals surface area contributed by atoms with E-state index in [0.29, 0.717) is 31.0 Å². The Balaban J connectivity index is 1.53. The summed E-state index contributed by atoms with van der Waals surface area (Å²) in [6.45, 7) is 0.576. The Morgan fingerprint density at radius 3 is 2.77 bits per heavy atom. The van der Waals surface area contributed by atoms with Crippen molar-refractivity contribution in [2.45, 2.75) is 43.9 Å². The number of rotatable bonds is 8. The van der Waals surface area contributed by atoms with Crippen LogP contribution in [0.5, 0.6) is 0 Å². The van der Waals surface area contributed by atoms with Gasteiger partial charge in [0.1, 0.15) is 6.10 Å². The number of anilines is 1. The number of hydrogen-bond donors (Lipinski definition) is 5. The molecule has 1 amide bonds. The van der Waals surface area contributed by atoms with E-state index < -0.39 is 24.2 Å². The number of amides is 1. The third-order valence-electron chi connectivity index (χ3n) is 5.87. The highest BCUT2D eigenvalue weighted by Gasteiger charge is 2.42. The highest BCUT2D eigenvalue weighted by atomic mass is 16.3. The molecule has 10 nitrogen and oxygen atoms in total. The molecule has 1 aliphatic rings. The van der Waals surface area contributed by atoms with E-state index >= 15 is 0 Å². The van der Waals surface area contributed by atoms with Crippen molar-refractivity contribution in [3.05, 3.63) is 52.6 Å². The van der Waals surface area contributed by atoms with Crippen molar-refractivity contribution in [2.24, 2.45) is 11.7 Å². The smallest absolute Gasteiger partial charge is 0.280 e. The highest BCUT2D eigenvalue weighted by Crippen LogP contribution is 2.38. The third-order valence-corrected chi connectivity index (χ3v) is 5.87. The van der Waals surface area contributed by atoms with Crippen molar-refractivity contribution >= 4 is 23.0 Å². The van der Waals surface area contributed by atoms with Crippen LogP contribution in [0.3, 0.4) is 0 Å². The van der Waals surface area contributed by atoms with E-state index in [1.165, 1.54) is 6.33 Å². The summed E-state index contributed by atoms with van der Waals surface area (Å²) < 4.78 is 1.63. The molecule has 4 unspecified atom stereocenters. The van der Waals surface area contributed by atoms with Gasteiger partial charge in [-0.3, -0.25) is 14.6 Å². The van der Waals surface area contributed by atoms with Crippen molar-refractivity contribution in [1.82, 2.24) is 19.5 Å². The largest absolute Gasteiger partial charge is 0.390 e. The van der Waals surface area contributed by atoms with Gasteiger partial charge in [0, 0.05) is 13.0 Å². The summed E-state index contributed by atoms with van der Waals surface area (Å²) >= 11 is 0. The highest BCUT2D eigenvalue weighted by molar-refractivity contribution is 5.73. The summed E-state index contributed by atoms with van der Waals surface area (Å²) in [7, 11) is 0. The van der Waals surface area contributed by atoms with Gasteiger partial charge < -0.3 is 25.8 Å². The Morgan fingerprint density at radius 1 is 1.26 bits per heavy atom. The fraction of sp³-hybridized carbons (Fsp3) is 0.429. The summed E-state index contributed by atoms with van der Waals surface area (Å²) in [5, 5.41) is 24.1. The van der Waals surface area contributed by atoms with E-state index in [1.54, 1.807) is 4.57 Å². The first kappa shape index (κ1) is 21.0. The molecule has 1 fully saturated rings. The predicted molar refractivity (Wildman–Crippen MR) is 114 cm³/mol. The second-order valence-corrected chi connectivity index (χ2v) is 7.95. The number of carbonyl (C=O) groups excluding carboxylic acids is 1. The number of nitrogens with zero attached hydrogens (tertiary/aromatic N) is 3. The molecule has 0 aliphatic heterocycles. The van der Waals surface area contributed by atoms with E-state index in [2.05, 4.69) is 20.3 Å². The lowest BCUT2D eigenvalue weighted by atomic mass is 9.99. The molecule has 0 radical (unpaired) electrons. The van der Waals surface area contributed by atoms with Crippen LogP contribution >= 0.6 is 0 Å². The average molecular weight is 426 g/mol. The van der Waals surface area contributed by atoms with Gasteiger partial charge in [0.25, 0.3) is 5.56 Å². The first-order chi connectivity index (χ1) is 14.9. The molecule has 31 heavy (non-hydrogen) atoms. The summed E-state index contributed by atoms with van der Waals surface area (Å²) in [5.74, 6) is -0.415. The van der Waals surface area contributed by atoms with Crippen LogP contribution < -0.4 is 16.6 Å². The zero-order chi connectivity index (χ0) is 22.0. The van der Waals surface area contributed by atoms with Gasteiger partial charge in [-0.2, -0.15) is 4.98 Å². The predicted octanol–water partition coefficient (Wildman–Crippen LogP) is 0.322. The first-order valence-electron chi connectivity index (χ1n) is 10.3. The van der Waals surface area contributed by atoms with Crippen LogP contribution in [0, 0.1) is 5.92 Å². The van der Waals surface area contributed by atoms with Gasteiger partial charge in [-0.15, -0.1) is 0 Å². The number of aromatic nitrogens is 4. The van der Waals surface area contributed by atoms with Crippen molar-refractivity contribution < 1.29 is 15.0 Å². The van der Waals surface area contributed by atoms with E-state index in [-0.39, 0.29) is 23.4 Å². The number of nitrogens with one attached hydrogen (secondary N) is 2. The molecule has 0 saturated heterocycles. The Labute approximate surface area is 178 Å². The summed E-state index contributed by atoms with van der Waals surface area (Å²) in [6, 6.07) is 9.44. The molecule has 4 rings (SSSR count). The summed E-state index contributed by atoms with van der Waals surface area (Å²) in [6.07, 6.45) is 1.11. The molecule has 3 aromatic rings. The van der Waals surface area contributed by atoms with Crippen LogP contribution in [-0.2, 0) is 11.2 Å². The minimum Gasteiger partial charge on any atom is -0.390 e. The molecule has 0 spiro atoms. The Hall–Kier alpha value is -3.24. The lowest BCUT2D eigenvalue weighted by Crippen LogP contribution is -2.30. The molecular formula is C21H26N6O4. The quantitative estimate of drug-likeness (QED) is 0.347. The van der Waals surface area contributed by atoms with Gasteiger partial charge in [0.05, 0.1) is 18.5 Å². The van der Waals surface area contributed by atoms with Gasteiger partial charge in [-0.1, -0.05) is 30.3 Å². The van der Waals surface area contributed by atoms with Gasteiger partial charge >= 0.3 is 0 Å². The van der Waals surface area contributed by atoms with Crippen molar-refractivity contribution in [2.75, 3.05) is 11.9 Å². The molecule has 1 saturated carbocycles. The zero-order valence-electron chi connectivity index (χ0n) is 16.9. The molecule has 1 aliphatic carbocycles. The van der Waals surface area contributed by atoms with Crippen LogP contribution in [0.2, 0.25) is 0 Å². The number of aliphatic hydroxyl groups is 2. The minimum absolute atomic E-state index is 0.138. The Bertz CT molecular complexity index is 1110. The Kier molecular flexibility index (Phi) is 6.01. The first-order valence-corrected chi connectivity index (χ1v) is 10.3. The van der Waals surface area contributed by atoms with Gasteiger partial charge in [0.2, 0.25) is 11.9 Å². The zero-order valence-corrected chi connectivity index (χ0v) is 16.9. The van der Waals surface area contributed by atoms with Crippen molar-refractivity contribution in [3.8, 4) is 0 Å². The lowest BCUT2D eigenvalue weighted by molar-refractivity contribution is -0.118. The Morgan fingerprint density at radius 2 is 2.03 bits per heavy atom. The maximum atomic E-state index is 12.5. The number of H-pyrrole nitrogens is 1. The number of aromatic amines is 1. The molecule has 10 heteroatoms. The molecule has 6 N–H and O–H groups in total. The normalized spacial score (nSPS) is 23.3. The SMILES string of the molecule is NC(=O)CCC1CC(n2cnc3c(=O)[nH]c(NCCc4ccccc4)nc32)C(O)C1O. The molecule has 164 valence electrons. The number of fused-ring (bicyclic) bond motifs is 1. The maximum Gasteiger partial charge on any atom is 0.280 e. The average Bonchev–Trinajstić information content (AvgIpc) is 3.29. The van der Waals surface area contributed by atoms with Gasteiger partial charge in [-0.05, 0) is 30.7 Å². The number of hydrogen-bond acceptors (Lipinski definition) is 7. The topological polar surface area (TPSA) is 159 Å². The summed E-state index contributed by atoms with van der Waals surface area (Å²) in [4.78, 5) is 34.9. The maximum absolute atomic E-state index is 12.5. The van der Waals surface area contributed by atoms with E-state index in [4.69, 9.17) is 5.73 Å². The monoisotopic (exact) mass is 426 g/mol. The van der Waals surface area contributed by atoms with E-state index in [9.17, 15) is 19.8 Å². The molecule has 4 atom stereocenters. The van der Waals surface area contributed by atoms with Crippen LogP contribution in [-0.4, -0.2) is 54.4 Å². The number of nitrogens with two attached hydrogens (primary N) is 1. The third kappa shape index (κ3) is 4.44. The van der Waals surface area contributed by atoms with Crippen LogP contribution in [0.4, 0.5) is 5.95 Å². The number of benzene rings is 1. The number of carbonyl (C=O) groups is 1. The number of aliphatic hydroxyl groups excluding tert-OH is 2. The molecule has 1 aromatic carbocycles. The van der Waals surface area contributed by atoms with Crippen LogP contribution in [0.25, 0.3) is 11.2 Å². The fourth-order valence-corrected chi connectivity index (χ4v) is 4.21. The molecular weight excluding hydrogens is 400 g/mol. The number of primary amides is 1. The summed E-state index contributed by atoms with van der Waals surface area (Å²) in [5.41, 5.74) is 6.48. The van der Waals surface area contributed by atoms with Crippen LogP contribution in [0.1, 0.15) is 30.9 Å². The van der Waals surface area contributed by atoms with E-state index in [1.807, 2.05) is 30.3 Å². The van der Waals surface area contributed by atoms with Gasteiger partial charge in [0.15, 0.2) is 11.2 Å². The lowest BCUT2D eigenvalue weighted by Gasteiger charge is -2.18. The number of imidazole rings is 1. The molecule has 2 aromatic heterocycles. The van der Waals surface area contributed by atoms with Crippen molar-refractivity contribution in [3.63, 3.8) is 0 Å². The second-order valence-electron chi connectivity index (χ2n) is 7.95. The van der Waals surface area contributed by atoms with Crippen LogP contribution in [0.15, 0.2) is 41.5 Å². The molecule has 0 bridgehead atoms. The van der Waals surface area contributed by atoms with E-state index in [0.717, 1.165) is 12.0 Å². The van der Waals surface area contributed by atoms with Crippen molar-refractivity contribution in [1.29, 1.82) is 0 Å². The minimum atomic E-state index is -1.06. The standard InChI is InChI=1S/C21H26N6O4/c22-15(28)7-6-13-10-14(18(30)17(13)29)27-11-24-16-19(27)25-21(26-20(16)31)23-9-8-12-4-2-1-3-5-12/h1-5,11,13-14,17-18,29-30H,6-10H2,(H2,22,28)(H2,23,25,26,31). The van der Waals surface area contributed by atoms with Gasteiger partial charge in [-0.25, -0.2) is 4.98 Å². The fourth-order valence-electron chi connectivity index (χ4n) is 4.21. The second kappa shape index (κ2) is 8.86.